The standard InChI is InChI=1S/C20H23F3N8OS/c1-12-8-31-15(13-5-25-26-6-13)7-24-18(31)17(27-12)28-16-4-14(29-33-16)9-30(10-20(21,22)23)19(2,3)11-32/h4-8,32H,9-11H2,1-3H3,(H,25,26)(H,27,28). The van der Waals surface area contributed by atoms with Gasteiger partial charge in [0.2, 0.25) is 0 Å². The van der Waals surface area contributed by atoms with Gasteiger partial charge in [-0.3, -0.25) is 14.4 Å². The van der Waals surface area contributed by atoms with Crippen molar-refractivity contribution in [3.8, 4) is 11.3 Å². The van der Waals surface area contributed by atoms with E-state index in [-0.39, 0.29) is 6.54 Å². The van der Waals surface area contributed by atoms with Gasteiger partial charge in [-0.1, -0.05) is 0 Å². The van der Waals surface area contributed by atoms with Crippen LogP contribution in [0.1, 0.15) is 25.2 Å². The molecule has 4 heterocycles. The molecule has 0 spiro atoms. The normalized spacial score (nSPS) is 12.7. The fraction of sp³-hybridized carbons (Fsp3) is 0.400. The number of hydrogen-bond donors (Lipinski definition) is 3. The Bertz CT molecular complexity index is 1230. The molecule has 4 rings (SSSR count). The number of hydrogen-bond acceptors (Lipinski definition) is 8. The van der Waals surface area contributed by atoms with Crippen LogP contribution in [0.2, 0.25) is 0 Å². The first kappa shape index (κ1) is 23.1. The molecule has 0 radical (unpaired) electrons. The van der Waals surface area contributed by atoms with Crippen molar-refractivity contribution >= 4 is 28.0 Å². The average Bonchev–Trinajstić information content (AvgIpc) is 3.47. The first-order valence-electron chi connectivity index (χ1n) is 10.0. The lowest BCUT2D eigenvalue weighted by molar-refractivity contribution is -0.162. The number of imidazole rings is 1. The van der Waals surface area contributed by atoms with Crippen LogP contribution in [0.5, 0.6) is 0 Å². The Morgan fingerprint density at radius 2 is 2.06 bits per heavy atom. The zero-order chi connectivity index (χ0) is 23.8. The number of aromatic amines is 1. The molecule has 4 aromatic heterocycles. The largest absolute Gasteiger partial charge is 0.401 e. The maximum Gasteiger partial charge on any atom is 0.401 e. The highest BCUT2D eigenvalue weighted by atomic mass is 32.1. The fourth-order valence-corrected chi connectivity index (χ4v) is 4.01. The third-order valence-electron chi connectivity index (χ3n) is 5.17. The van der Waals surface area contributed by atoms with Crippen LogP contribution in [0, 0.1) is 6.92 Å². The molecule has 0 aliphatic heterocycles. The first-order chi connectivity index (χ1) is 15.6. The number of nitrogens with one attached hydrogen (secondary N) is 2. The summed E-state index contributed by atoms with van der Waals surface area (Å²) in [5, 5.41) is 20.1. The number of rotatable bonds is 8. The molecule has 0 aromatic carbocycles. The summed E-state index contributed by atoms with van der Waals surface area (Å²) in [4.78, 5) is 10.2. The average molecular weight is 481 g/mol. The lowest BCUT2D eigenvalue weighted by Crippen LogP contribution is -2.50. The number of halogens is 3. The molecule has 0 bridgehead atoms. The Balaban J connectivity index is 1.58. The van der Waals surface area contributed by atoms with E-state index >= 15 is 0 Å². The number of aromatic nitrogens is 6. The first-order valence-corrected chi connectivity index (χ1v) is 10.8. The third kappa shape index (κ3) is 5.15. The van der Waals surface area contributed by atoms with Crippen molar-refractivity contribution in [3.05, 3.63) is 42.2 Å². The highest BCUT2D eigenvalue weighted by Gasteiger charge is 2.37. The van der Waals surface area contributed by atoms with E-state index in [1.807, 2.05) is 17.5 Å². The van der Waals surface area contributed by atoms with Crippen molar-refractivity contribution in [2.45, 2.75) is 39.0 Å². The van der Waals surface area contributed by atoms with E-state index in [9.17, 15) is 18.3 Å². The molecule has 4 aromatic rings. The Hall–Kier alpha value is -3.03. The van der Waals surface area contributed by atoms with E-state index in [0.717, 1.165) is 28.5 Å². The number of aryl methyl sites for hydroxylation is 1. The summed E-state index contributed by atoms with van der Waals surface area (Å²) in [6, 6.07) is 1.68. The van der Waals surface area contributed by atoms with Crippen molar-refractivity contribution < 1.29 is 18.3 Å². The van der Waals surface area contributed by atoms with Crippen LogP contribution < -0.4 is 5.32 Å². The number of fused-ring (bicyclic) bond motifs is 1. The number of alkyl halides is 3. The summed E-state index contributed by atoms with van der Waals surface area (Å²) in [7, 11) is 0. The van der Waals surface area contributed by atoms with Crippen molar-refractivity contribution in [1.82, 2.24) is 33.8 Å². The smallest absolute Gasteiger partial charge is 0.394 e. The molecule has 0 fully saturated rings. The van der Waals surface area contributed by atoms with E-state index in [0.29, 0.717) is 22.2 Å². The van der Waals surface area contributed by atoms with Gasteiger partial charge in [0.25, 0.3) is 0 Å². The molecule has 0 unspecified atom stereocenters. The van der Waals surface area contributed by atoms with E-state index < -0.39 is 24.9 Å². The van der Waals surface area contributed by atoms with Gasteiger partial charge in [0, 0.05) is 30.0 Å². The van der Waals surface area contributed by atoms with Gasteiger partial charge in [0.1, 0.15) is 5.00 Å². The Kier molecular flexibility index (Phi) is 6.12. The molecule has 0 saturated heterocycles. The maximum atomic E-state index is 13.1. The number of aliphatic hydroxyl groups is 1. The van der Waals surface area contributed by atoms with Crippen LogP contribution in [-0.4, -0.2) is 63.8 Å². The quantitative estimate of drug-likeness (QED) is 0.352. The van der Waals surface area contributed by atoms with Crippen LogP contribution >= 0.6 is 11.5 Å². The zero-order valence-corrected chi connectivity index (χ0v) is 19.0. The molecule has 0 amide bonds. The lowest BCUT2D eigenvalue weighted by atomic mass is 10.0. The van der Waals surface area contributed by atoms with Gasteiger partial charge >= 0.3 is 6.18 Å². The summed E-state index contributed by atoms with van der Waals surface area (Å²) in [6.07, 6.45) is 2.65. The van der Waals surface area contributed by atoms with Gasteiger partial charge in [0.15, 0.2) is 11.5 Å². The number of nitrogens with zero attached hydrogens (tertiary/aromatic N) is 6. The Morgan fingerprint density at radius 3 is 2.73 bits per heavy atom. The minimum Gasteiger partial charge on any atom is -0.394 e. The number of anilines is 2. The van der Waals surface area contributed by atoms with Gasteiger partial charge in [-0.05, 0) is 38.4 Å². The lowest BCUT2D eigenvalue weighted by Gasteiger charge is -2.37. The summed E-state index contributed by atoms with van der Waals surface area (Å²) in [5.74, 6) is 0.503. The molecule has 176 valence electrons. The molecule has 9 nitrogen and oxygen atoms in total. The Labute approximate surface area is 191 Å². The maximum absolute atomic E-state index is 13.1. The van der Waals surface area contributed by atoms with Crippen LogP contribution in [0.3, 0.4) is 0 Å². The summed E-state index contributed by atoms with van der Waals surface area (Å²) < 4.78 is 45.4. The molecular formula is C20H23F3N8OS. The second-order valence-electron chi connectivity index (χ2n) is 8.30. The molecule has 33 heavy (non-hydrogen) atoms. The zero-order valence-electron chi connectivity index (χ0n) is 18.2. The minimum atomic E-state index is -4.39. The SMILES string of the molecule is Cc1cn2c(-c3cn[nH]c3)cnc2c(Nc2cc(CN(CC(F)(F)F)C(C)(C)CO)ns2)n1. The fourth-order valence-electron chi connectivity index (χ4n) is 3.36. The number of aliphatic hydroxyl groups excluding tert-OH is 1. The molecule has 0 aliphatic rings. The summed E-state index contributed by atoms with van der Waals surface area (Å²) in [6.45, 7) is 3.36. The van der Waals surface area contributed by atoms with Crippen molar-refractivity contribution in [1.29, 1.82) is 0 Å². The topological polar surface area (TPSA) is 107 Å². The van der Waals surface area contributed by atoms with E-state index in [1.54, 1.807) is 38.5 Å². The Morgan fingerprint density at radius 1 is 1.27 bits per heavy atom. The molecular weight excluding hydrogens is 457 g/mol. The van der Waals surface area contributed by atoms with Crippen LogP contribution in [0.4, 0.5) is 24.0 Å². The van der Waals surface area contributed by atoms with Crippen LogP contribution in [0.15, 0.2) is 30.9 Å². The van der Waals surface area contributed by atoms with Crippen LogP contribution in [0.25, 0.3) is 16.9 Å². The van der Waals surface area contributed by atoms with Gasteiger partial charge in [-0.2, -0.15) is 22.6 Å². The van der Waals surface area contributed by atoms with Gasteiger partial charge in [-0.15, -0.1) is 0 Å². The molecule has 0 atom stereocenters. The summed E-state index contributed by atoms with van der Waals surface area (Å²) >= 11 is 1.12. The predicted molar refractivity (Wildman–Crippen MR) is 118 cm³/mol. The summed E-state index contributed by atoms with van der Waals surface area (Å²) in [5.41, 5.74) is 2.45. The van der Waals surface area contributed by atoms with Crippen molar-refractivity contribution in [2.75, 3.05) is 18.5 Å². The molecule has 0 saturated carbocycles. The molecule has 0 aliphatic carbocycles. The van der Waals surface area contributed by atoms with Gasteiger partial charge < -0.3 is 10.4 Å². The highest BCUT2D eigenvalue weighted by molar-refractivity contribution is 7.10. The van der Waals surface area contributed by atoms with Crippen LogP contribution in [-0.2, 0) is 6.54 Å². The molecule has 3 N–H and O–H groups in total. The second-order valence-corrected chi connectivity index (χ2v) is 9.11. The van der Waals surface area contributed by atoms with E-state index in [1.165, 1.54) is 4.90 Å². The molecule has 13 heteroatoms. The van der Waals surface area contributed by atoms with Gasteiger partial charge in [0.05, 0.1) is 42.6 Å². The van der Waals surface area contributed by atoms with E-state index in [2.05, 4.69) is 29.9 Å². The second kappa shape index (κ2) is 8.72. The predicted octanol–water partition coefficient (Wildman–Crippen LogP) is 3.76. The van der Waals surface area contributed by atoms with Crippen molar-refractivity contribution in [2.24, 2.45) is 0 Å². The number of H-pyrrole nitrogens is 1. The van der Waals surface area contributed by atoms with Crippen molar-refractivity contribution in [3.63, 3.8) is 0 Å². The minimum absolute atomic E-state index is 0.0596. The monoisotopic (exact) mass is 480 g/mol. The van der Waals surface area contributed by atoms with Gasteiger partial charge in [-0.25, -0.2) is 9.97 Å². The third-order valence-corrected chi connectivity index (χ3v) is 5.92. The highest BCUT2D eigenvalue weighted by Crippen LogP contribution is 2.29. The van der Waals surface area contributed by atoms with E-state index in [4.69, 9.17) is 0 Å².